The lowest BCUT2D eigenvalue weighted by Crippen LogP contribution is -2.31. The molecule has 3 aromatic rings. The van der Waals surface area contributed by atoms with E-state index in [1.807, 2.05) is 24.3 Å². The van der Waals surface area contributed by atoms with Gasteiger partial charge in [0.05, 0.1) is 13.3 Å². The molecule has 0 spiro atoms. The number of nitrogens with zero attached hydrogens (tertiary/aromatic N) is 5. The minimum Gasteiger partial charge on any atom is -0.494 e. The summed E-state index contributed by atoms with van der Waals surface area (Å²) in [5, 5.41) is 11.7. The van der Waals surface area contributed by atoms with Crippen molar-refractivity contribution >= 4 is 22.8 Å². The smallest absolute Gasteiger partial charge is 0.323 e. The highest BCUT2D eigenvalue weighted by Crippen LogP contribution is 2.27. The van der Waals surface area contributed by atoms with Crippen molar-refractivity contribution in [3.05, 3.63) is 42.2 Å². The molecule has 8 heteroatoms. The highest BCUT2D eigenvalue weighted by molar-refractivity contribution is 5.90. The van der Waals surface area contributed by atoms with Crippen molar-refractivity contribution in [1.82, 2.24) is 24.9 Å². The Hall–Kier alpha value is -3.16. The van der Waals surface area contributed by atoms with Gasteiger partial charge >= 0.3 is 6.03 Å². The fourth-order valence-electron chi connectivity index (χ4n) is 2.73. The van der Waals surface area contributed by atoms with Gasteiger partial charge in [-0.2, -0.15) is 0 Å². The normalized spacial score (nSPS) is 10.7. The molecule has 2 heterocycles. The molecule has 0 unspecified atom stereocenters. The number of rotatable bonds is 6. The monoisotopic (exact) mass is 354 g/mol. The van der Waals surface area contributed by atoms with Gasteiger partial charge in [0.1, 0.15) is 11.3 Å². The largest absolute Gasteiger partial charge is 0.494 e. The lowest BCUT2D eigenvalue weighted by Gasteiger charge is -2.18. The van der Waals surface area contributed by atoms with Crippen molar-refractivity contribution in [3.8, 4) is 5.75 Å². The Morgan fingerprint density at radius 3 is 2.96 bits per heavy atom. The number of carbonyl (C=O) groups excluding carboxylic acids is 1. The Morgan fingerprint density at radius 1 is 1.35 bits per heavy atom. The van der Waals surface area contributed by atoms with Gasteiger partial charge in [0.15, 0.2) is 5.82 Å². The fraction of sp³-hybridized carbons (Fsp3) is 0.333. The van der Waals surface area contributed by atoms with Crippen LogP contribution in [-0.2, 0) is 13.1 Å². The molecule has 1 N–H and O–H groups in total. The summed E-state index contributed by atoms with van der Waals surface area (Å²) < 4.78 is 7.07. The predicted octanol–water partition coefficient (Wildman–Crippen LogP) is 2.91. The van der Waals surface area contributed by atoms with Gasteiger partial charge in [-0.15, -0.1) is 5.10 Å². The number of benzene rings is 1. The third-order valence-electron chi connectivity index (χ3n) is 4.02. The Bertz CT molecular complexity index is 908. The molecular formula is C18H22N6O2. The number of anilines is 1. The van der Waals surface area contributed by atoms with E-state index in [2.05, 4.69) is 27.5 Å². The van der Waals surface area contributed by atoms with Crippen molar-refractivity contribution in [2.24, 2.45) is 0 Å². The van der Waals surface area contributed by atoms with Gasteiger partial charge in [-0.3, -0.25) is 15.0 Å². The van der Waals surface area contributed by atoms with Crippen LogP contribution in [-0.4, -0.2) is 45.1 Å². The van der Waals surface area contributed by atoms with Crippen LogP contribution in [0.4, 0.5) is 10.6 Å². The lowest BCUT2D eigenvalue weighted by atomic mass is 10.1. The first-order valence-corrected chi connectivity index (χ1v) is 8.45. The van der Waals surface area contributed by atoms with Gasteiger partial charge in [0, 0.05) is 31.7 Å². The summed E-state index contributed by atoms with van der Waals surface area (Å²) in [6.07, 6.45) is 4.40. The number of ether oxygens (including phenoxy) is 1. The zero-order valence-electron chi connectivity index (χ0n) is 15.1. The number of hydrogen-bond acceptors (Lipinski definition) is 5. The van der Waals surface area contributed by atoms with Crippen LogP contribution in [0.2, 0.25) is 0 Å². The first-order chi connectivity index (χ1) is 12.6. The molecule has 136 valence electrons. The van der Waals surface area contributed by atoms with Crippen molar-refractivity contribution in [3.63, 3.8) is 0 Å². The van der Waals surface area contributed by atoms with E-state index in [0.29, 0.717) is 18.1 Å². The lowest BCUT2D eigenvalue weighted by molar-refractivity contribution is 0.221. The van der Waals surface area contributed by atoms with E-state index in [4.69, 9.17) is 4.74 Å². The second-order valence-corrected chi connectivity index (χ2v) is 5.98. The van der Waals surface area contributed by atoms with Crippen molar-refractivity contribution < 1.29 is 9.53 Å². The zero-order chi connectivity index (χ0) is 18.5. The van der Waals surface area contributed by atoms with E-state index >= 15 is 0 Å². The zero-order valence-corrected chi connectivity index (χ0v) is 15.1. The van der Waals surface area contributed by atoms with E-state index < -0.39 is 0 Å². The first kappa shape index (κ1) is 17.7. The Kier molecular flexibility index (Phi) is 5.31. The second-order valence-electron chi connectivity index (χ2n) is 5.98. The predicted molar refractivity (Wildman–Crippen MR) is 99.1 cm³/mol. The third kappa shape index (κ3) is 3.74. The number of nitrogens with one attached hydrogen (secondary N) is 1. The maximum atomic E-state index is 12.4. The Labute approximate surface area is 151 Å². The number of aromatic nitrogens is 4. The minimum atomic E-state index is -0.249. The molecule has 3 rings (SSSR count). The molecule has 1 aromatic carbocycles. The van der Waals surface area contributed by atoms with Crippen LogP contribution in [0.3, 0.4) is 0 Å². The van der Waals surface area contributed by atoms with Crippen molar-refractivity contribution in [2.75, 3.05) is 19.5 Å². The molecule has 0 atom stereocenters. The standard InChI is InChI=1S/C18H22N6O2/c1-4-10-24-12-16(21-22-24)20-18(25)23(2)11-13-7-8-15(26-3)17-14(13)6-5-9-19-17/h5-9,12H,4,10-11H2,1-3H3,(H,20,25). The van der Waals surface area contributed by atoms with Crippen molar-refractivity contribution in [1.29, 1.82) is 0 Å². The van der Waals surface area contributed by atoms with Crippen LogP contribution >= 0.6 is 0 Å². The molecule has 26 heavy (non-hydrogen) atoms. The summed E-state index contributed by atoms with van der Waals surface area (Å²) in [5.41, 5.74) is 1.77. The average molecular weight is 354 g/mol. The molecule has 0 radical (unpaired) electrons. The number of methoxy groups -OCH3 is 1. The Balaban J connectivity index is 1.73. The summed E-state index contributed by atoms with van der Waals surface area (Å²) in [7, 11) is 3.35. The van der Waals surface area contributed by atoms with E-state index in [1.54, 1.807) is 36.1 Å². The van der Waals surface area contributed by atoms with E-state index in [0.717, 1.165) is 29.4 Å². The van der Waals surface area contributed by atoms with Gasteiger partial charge in [-0.1, -0.05) is 24.3 Å². The number of urea groups is 1. The number of fused-ring (bicyclic) bond motifs is 1. The Morgan fingerprint density at radius 2 is 2.19 bits per heavy atom. The summed E-state index contributed by atoms with van der Waals surface area (Å²) in [6.45, 7) is 3.26. The summed E-state index contributed by atoms with van der Waals surface area (Å²) in [5.74, 6) is 1.15. The van der Waals surface area contributed by atoms with Gasteiger partial charge in [-0.05, 0) is 24.1 Å². The van der Waals surface area contributed by atoms with Gasteiger partial charge in [-0.25, -0.2) is 4.79 Å². The molecule has 0 aliphatic heterocycles. The van der Waals surface area contributed by atoms with Crippen LogP contribution in [0.5, 0.6) is 5.75 Å². The molecule has 0 bridgehead atoms. The van der Waals surface area contributed by atoms with Crippen LogP contribution in [0.15, 0.2) is 36.7 Å². The van der Waals surface area contributed by atoms with Crippen LogP contribution in [0.25, 0.3) is 10.9 Å². The van der Waals surface area contributed by atoms with E-state index in [-0.39, 0.29) is 6.03 Å². The van der Waals surface area contributed by atoms with Gasteiger partial charge in [0.25, 0.3) is 0 Å². The van der Waals surface area contributed by atoms with E-state index in [1.165, 1.54) is 0 Å². The summed E-state index contributed by atoms with van der Waals surface area (Å²) in [4.78, 5) is 18.4. The topological polar surface area (TPSA) is 85.2 Å². The SMILES string of the molecule is CCCn1cc(NC(=O)N(C)Cc2ccc(OC)c3ncccc23)nn1. The summed E-state index contributed by atoms with van der Waals surface area (Å²) in [6, 6.07) is 7.41. The maximum absolute atomic E-state index is 12.4. The molecule has 0 saturated carbocycles. The molecule has 0 aliphatic carbocycles. The molecule has 0 fully saturated rings. The number of hydrogen-bond donors (Lipinski definition) is 1. The molecule has 0 aliphatic rings. The molecule has 2 amide bonds. The number of pyridine rings is 1. The van der Waals surface area contributed by atoms with Gasteiger partial charge < -0.3 is 9.64 Å². The average Bonchev–Trinajstić information content (AvgIpc) is 3.09. The second kappa shape index (κ2) is 7.81. The maximum Gasteiger partial charge on any atom is 0.323 e. The first-order valence-electron chi connectivity index (χ1n) is 8.45. The number of aryl methyl sites for hydroxylation is 1. The molecular weight excluding hydrogens is 332 g/mol. The van der Waals surface area contributed by atoms with Crippen molar-refractivity contribution in [2.45, 2.75) is 26.4 Å². The quantitative estimate of drug-likeness (QED) is 0.736. The van der Waals surface area contributed by atoms with E-state index in [9.17, 15) is 4.79 Å². The molecule has 0 saturated heterocycles. The molecule has 8 nitrogen and oxygen atoms in total. The number of carbonyl (C=O) groups is 1. The van der Waals surface area contributed by atoms with Crippen LogP contribution < -0.4 is 10.1 Å². The highest BCUT2D eigenvalue weighted by Gasteiger charge is 2.14. The molecule has 2 aromatic heterocycles. The van der Waals surface area contributed by atoms with Gasteiger partial charge in [0.2, 0.25) is 0 Å². The van der Waals surface area contributed by atoms with Crippen LogP contribution in [0, 0.1) is 0 Å². The minimum absolute atomic E-state index is 0.249. The van der Waals surface area contributed by atoms with Crippen LogP contribution in [0.1, 0.15) is 18.9 Å². The number of amides is 2. The summed E-state index contributed by atoms with van der Waals surface area (Å²) >= 11 is 0. The third-order valence-corrected chi connectivity index (χ3v) is 4.02. The highest BCUT2D eigenvalue weighted by atomic mass is 16.5. The fourth-order valence-corrected chi connectivity index (χ4v) is 2.73.